The Morgan fingerprint density at radius 3 is 2.36 bits per heavy atom. The van der Waals surface area contributed by atoms with Crippen molar-refractivity contribution in [3.63, 3.8) is 0 Å². The number of aliphatic hydroxyl groups is 1. The molecule has 76 valence electrons. The summed E-state index contributed by atoms with van der Waals surface area (Å²) >= 11 is 0. The predicted octanol–water partition coefficient (Wildman–Crippen LogP) is 1.72. The number of carboxylic acid groups (broad SMARTS) is 1. The minimum atomic E-state index is -1.54. The molecule has 14 heavy (non-hydrogen) atoms. The summed E-state index contributed by atoms with van der Waals surface area (Å²) in [6, 6.07) is 1.97. The standard InChI is InChI=1S/C9H8F2O3/c1-4(12)5-2-3-6(9(13)14)8(11)7(5)10/h2-4,12H,1H3,(H,13,14). The fourth-order valence-corrected chi connectivity index (χ4v) is 1.05. The molecule has 0 amide bonds. The van der Waals surface area contributed by atoms with Gasteiger partial charge in [-0.3, -0.25) is 0 Å². The molecule has 0 aliphatic rings. The Morgan fingerprint density at radius 2 is 1.93 bits per heavy atom. The minimum absolute atomic E-state index is 0.257. The third-order valence-corrected chi connectivity index (χ3v) is 1.79. The van der Waals surface area contributed by atoms with Crippen molar-refractivity contribution in [3.05, 3.63) is 34.9 Å². The smallest absolute Gasteiger partial charge is 0.338 e. The van der Waals surface area contributed by atoms with E-state index in [1.807, 2.05) is 0 Å². The van der Waals surface area contributed by atoms with Crippen LogP contribution >= 0.6 is 0 Å². The molecule has 1 rings (SSSR count). The third kappa shape index (κ3) is 1.72. The highest BCUT2D eigenvalue weighted by Crippen LogP contribution is 2.21. The maximum absolute atomic E-state index is 13.1. The van der Waals surface area contributed by atoms with Crippen molar-refractivity contribution in [3.8, 4) is 0 Å². The zero-order chi connectivity index (χ0) is 10.9. The van der Waals surface area contributed by atoms with Crippen LogP contribution in [0.4, 0.5) is 8.78 Å². The molecule has 3 nitrogen and oxygen atoms in total. The van der Waals surface area contributed by atoms with Crippen LogP contribution in [0.25, 0.3) is 0 Å². The average molecular weight is 202 g/mol. The second kappa shape index (κ2) is 3.71. The summed E-state index contributed by atoms with van der Waals surface area (Å²) in [6.07, 6.45) is -1.17. The molecule has 0 heterocycles. The molecular formula is C9H8F2O3. The van der Waals surface area contributed by atoms with Crippen LogP contribution in [0.15, 0.2) is 12.1 Å². The molecule has 0 aliphatic carbocycles. The van der Waals surface area contributed by atoms with Gasteiger partial charge < -0.3 is 10.2 Å². The minimum Gasteiger partial charge on any atom is -0.478 e. The number of hydrogen-bond acceptors (Lipinski definition) is 2. The first-order chi connectivity index (χ1) is 6.45. The topological polar surface area (TPSA) is 57.5 Å². The molecule has 2 N–H and O–H groups in total. The van der Waals surface area contributed by atoms with E-state index in [2.05, 4.69) is 0 Å². The van der Waals surface area contributed by atoms with Crippen LogP contribution in [-0.2, 0) is 0 Å². The molecule has 0 bridgehead atoms. The summed E-state index contributed by atoms with van der Waals surface area (Å²) in [4.78, 5) is 10.4. The number of carboxylic acids is 1. The first-order valence-corrected chi connectivity index (χ1v) is 3.84. The number of rotatable bonds is 2. The summed E-state index contributed by atoms with van der Waals surface area (Å²) in [6.45, 7) is 1.26. The summed E-state index contributed by atoms with van der Waals surface area (Å²) in [5.41, 5.74) is -1.00. The molecule has 1 atom stereocenters. The molecule has 1 aromatic carbocycles. The van der Waals surface area contributed by atoms with E-state index in [0.29, 0.717) is 0 Å². The van der Waals surface area contributed by atoms with Gasteiger partial charge >= 0.3 is 5.97 Å². The summed E-state index contributed by atoms with van der Waals surface area (Å²) in [5.74, 6) is -4.31. The van der Waals surface area contributed by atoms with E-state index in [0.717, 1.165) is 12.1 Å². The van der Waals surface area contributed by atoms with Crippen LogP contribution in [0.1, 0.15) is 28.9 Å². The normalized spacial score (nSPS) is 12.6. The fraction of sp³-hybridized carbons (Fsp3) is 0.222. The highest BCUT2D eigenvalue weighted by Gasteiger charge is 2.19. The van der Waals surface area contributed by atoms with E-state index in [1.165, 1.54) is 6.92 Å². The average Bonchev–Trinajstić information content (AvgIpc) is 2.08. The third-order valence-electron chi connectivity index (χ3n) is 1.79. The summed E-state index contributed by atoms with van der Waals surface area (Å²) in [5, 5.41) is 17.5. The van der Waals surface area contributed by atoms with Gasteiger partial charge in [-0.2, -0.15) is 0 Å². The van der Waals surface area contributed by atoms with E-state index in [9.17, 15) is 13.6 Å². The number of halogens is 2. The number of carbonyl (C=O) groups is 1. The lowest BCUT2D eigenvalue weighted by molar-refractivity contribution is 0.0690. The van der Waals surface area contributed by atoms with Crippen molar-refractivity contribution in [1.82, 2.24) is 0 Å². The molecule has 0 aromatic heterocycles. The first kappa shape index (κ1) is 10.6. The lowest BCUT2D eigenvalue weighted by atomic mass is 10.1. The van der Waals surface area contributed by atoms with Gasteiger partial charge in [-0.1, -0.05) is 6.07 Å². The Labute approximate surface area is 78.6 Å². The van der Waals surface area contributed by atoms with Crippen molar-refractivity contribution in [1.29, 1.82) is 0 Å². The van der Waals surface area contributed by atoms with Crippen molar-refractivity contribution in [2.75, 3.05) is 0 Å². The van der Waals surface area contributed by atoms with Gasteiger partial charge in [0.05, 0.1) is 11.7 Å². The molecule has 0 saturated carbocycles. The van der Waals surface area contributed by atoms with Gasteiger partial charge in [-0.25, -0.2) is 13.6 Å². The van der Waals surface area contributed by atoms with Gasteiger partial charge in [0.25, 0.3) is 0 Å². The van der Waals surface area contributed by atoms with Crippen LogP contribution in [0, 0.1) is 11.6 Å². The van der Waals surface area contributed by atoms with E-state index < -0.39 is 29.3 Å². The van der Waals surface area contributed by atoms with Crippen molar-refractivity contribution < 1.29 is 23.8 Å². The first-order valence-electron chi connectivity index (χ1n) is 3.84. The van der Waals surface area contributed by atoms with E-state index >= 15 is 0 Å². The SMILES string of the molecule is CC(O)c1ccc(C(=O)O)c(F)c1F. The van der Waals surface area contributed by atoms with Crippen molar-refractivity contribution in [2.45, 2.75) is 13.0 Å². The largest absolute Gasteiger partial charge is 0.478 e. The molecule has 0 radical (unpaired) electrons. The molecular weight excluding hydrogens is 194 g/mol. The quantitative estimate of drug-likeness (QED) is 0.767. The second-order valence-electron chi connectivity index (χ2n) is 2.81. The number of aliphatic hydroxyl groups excluding tert-OH is 1. The maximum atomic E-state index is 13.1. The Hall–Kier alpha value is -1.49. The molecule has 0 saturated heterocycles. The highest BCUT2D eigenvalue weighted by atomic mass is 19.2. The van der Waals surface area contributed by atoms with Crippen LogP contribution in [-0.4, -0.2) is 16.2 Å². The zero-order valence-corrected chi connectivity index (χ0v) is 7.29. The van der Waals surface area contributed by atoms with Crippen LogP contribution in [0.5, 0.6) is 0 Å². The number of benzene rings is 1. The number of hydrogen-bond donors (Lipinski definition) is 2. The van der Waals surface area contributed by atoms with Crippen LogP contribution in [0.2, 0.25) is 0 Å². The summed E-state index contributed by atoms with van der Waals surface area (Å²) < 4.78 is 26.1. The van der Waals surface area contributed by atoms with Crippen molar-refractivity contribution in [2.24, 2.45) is 0 Å². The van der Waals surface area contributed by atoms with E-state index in [-0.39, 0.29) is 5.56 Å². The Balaban J connectivity index is 3.33. The molecule has 0 fully saturated rings. The van der Waals surface area contributed by atoms with Gasteiger partial charge in [0.15, 0.2) is 11.6 Å². The Kier molecular flexibility index (Phi) is 2.81. The van der Waals surface area contributed by atoms with Gasteiger partial charge in [-0.15, -0.1) is 0 Å². The monoisotopic (exact) mass is 202 g/mol. The van der Waals surface area contributed by atoms with E-state index in [1.54, 1.807) is 0 Å². The number of aromatic carboxylic acids is 1. The Morgan fingerprint density at radius 1 is 1.36 bits per heavy atom. The fourth-order valence-electron chi connectivity index (χ4n) is 1.05. The molecule has 0 aliphatic heterocycles. The van der Waals surface area contributed by atoms with Crippen LogP contribution in [0.3, 0.4) is 0 Å². The second-order valence-corrected chi connectivity index (χ2v) is 2.81. The zero-order valence-electron chi connectivity index (χ0n) is 7.29. The predicted molar refractivity (Wildman–Crippen MR) is 44.0 cm³/mol. The van der Waals surface area contributed by atoms with Gasteiger partial charge in [0.2, 0.25) is 0 Å². The van der Waals surface area contributed by atoms with Crippen LogP contribution < -0.4 is 0 Å². The highest BCUT2D eigenvalue weighted by molar-refractivity contribution is 5.88. The lowest BCUT2D eigenvalue weighted by Crippen LogP contribution is -2.06. The maximum Gasteiger partial charge on any atom is 0.338 e. The van der Waals surface area contributed by atoms with Crippen molar-refractivity contribution >= 4 is 5.97 Å². The molecule has 1 aromatic rings. The van der Waals surface area contributed by atoms with E-state index in [4.69, 9.17) is 10.2 Å². The van der Waals surface area contributed by atoms with Gasteiger partial charge in [-0.05, 0) is 13.0 Å². The molecule has 0 spiro atoms. The lowest BCUT2D eigenvalue weighted by Gasteiger charge is -2.07. The summed E-state index contributed by atoms with van der Waals surface area (Å²) in [7, 11) is 0. The molecule has 5 heteroatoms. The van der Waals surface area contributed by atoms with Gasteiger partial charge in [0, 0.05) is 5.56 Å². The van der Waals surface area contributed by atoms with Gasteiger partial charge in [0.1, 0.15) is 0 Å². The molecule has 1 unspecified atom stereocenters. The Bertz CT molecular complexity index is 375.